The van der Waals surface area contributed by atoms with Gasteiger partial charge in [0.25, 0.3) is 0 Å². The molecule has 2 aliphatic rings. The number of carbonyl (C=O) groups excluding carboxylic acids is 2. The number of anilines is 2. The number of carbonyl (C=O) groups is 2. The van der Waals surface area contributed by atoms with E-state index in [-0.39, 0.29) is 42.9 Å². The van der Waals surface area contributed by atoms with E-state index in [0.717, 1.165) is 132 Å². The minimum atomic E-state index is -4.37. The number of fused-ring (bicyclic) bond motifs is 2. The molecule has 0 fully saturated rings. The maximum Gasteiger partial charge on any atom is 0.416 e. The molecule has 0 spiro atoms. The van der Waals surface area contributed by atoms with Gasteiger partial charge in [-0.15, -0.1) is 0 Å². The Hall–Kier alpha value is -7.24. The topological polar surface area (TPSA) is 129 Å². The van der Waals surface area contributed by atoms with Gasteiger partial charge in [0.05, 0.1) is 38.2 Å². The standard InChI is InChI=1S/2C30H34F3N3O3/c1-4-21-17-34-29(35-18-21)36(19-22-10-12-24(13-11-22)30(31,32)33)14-6-9-26-20(2)15-25-23(16-28(37)38-3)7-5-8-27(25)39-26;1-4-21-17-34-29(35-18-21)36(19-22-8-11-25(12-9-22)30(31,32)33)13-5-6-26-20(2)14-24-10-7-23(15-27(24)39-26)16-28(37)38-3/h5,7-8,10-13,17-18,20,26H,4,6,9,14-16,19H2,1-3H3;7-12,15,17-18,20,26H,4-6,13-14,16,19H2,1-3H3. The summed E-state index contributed by atoms with van der Waals surface area (Å²) in [6.45, 7) is 10.4. The first-order valence-electron chi connectivity index (χ1n) is 26.5. The Bertz CT molecular complexity index is 2770. The first kappa shape index (κ1) is 58.4. The zero-order valence-corrected chi connectivity index (χ0v) is 45.0. The van der Waals surface area contributed by atoms with Crippen molar-refractivity contribution in [3.63, 3.8) is 0 Å². The van der Waals surface area contributed by atoms with E-state index in [1.165, 1.54) is 38.5 Å². The maximum absolute atomic E-state index is 13.0. The van der Waals surface area contributed by atoms with Crippen LogP contribution in [0.3, 0.4) is 0 Å². The van der Waals surface area contributed by atoms with Gasteiger partial charge in [-0.2, -0.15) is 26.3 Å². The first-order chi connectivity index (χ1) is 37.3. The fraction of sp³-hybridized carbons (Fsp3) is 0.433. The molecule has 416 valence electrons. The van der Waals surface area contributed by atoms with Crippen molar-refractivity contribution in [1.82, 2.24) is 19.9 Å². The van der Waals surface area contributed by atoms with Gasteiger partial charge < -0.3 is 28.7 Å². The number of halogens is 6. The van der Waals surface area contributed by atoms with E-state index >= 15 is 0 Å². The van der Waals surface area contributed by atoms with Crippen molar-refractivity contribution >= 4 is 23.8 Å². The molecule has 4 heterocycles. The molecule has 4 unspecified atom stereocenters. The zero-order valence-electron chi connectivity index (χ0n) is 45.0. The molecule has 4 aromatic carbocycles. The zero-order chi connectivity index (χ0) is 56.0. The molecule has 0 saturated carbocycles. The van der Waals surface area contributed by atoms with Crippen molar-refractivity contribution < 1.29 is 54.9 Å². The Balaban J connectivity index is 0.000000226. The largest absolute Gasteiger partial charge is 0.490 e. The lowest BCUT2D eigenvalue weighted by Crippen LogP contribution is -2.33. The highest BCUT2D eigenvalue weighted by atomic mass is 19.4. The van der Waals surface area contributed by atoms with Crippen LogP contribution in [0.25, 0.3) is 0 Å². The minimum Gasteiger partial charge on any atom is -0.490 e. The van der Waals surface area contributed by atoms with Crippen molar-refractivity contribution in [3.8, 4) is 11.5 Å². The summed E-state index contributed by atoms with van der Waals surface area (Å²) in [5, 5.41) is 0. The number of aromatic nitrogens is 4. The summed E-state index contributed by atoms with van der Waals surface area (Å²) < 4.78 is 100. The van der Waals surface area contributed by atoms with Gasteiger partial charge in [0, 0.05) is 51.0 Å². The molecule has 8 rings (SSSR count). The van der Waals surface area contributed by atoms with Gasteiger partial charge in [0.2, 0.25) is 11.9 Å². The van der Waals surface area contributed by atoms with Gasteiger partial charge >= 0.3 is 24.3 Å². The fourth-order valence-electron chi connectivity index (χ4n) is 9.64. The molecule has 2 aromatic heterocycles. The number of hydrogen-bond donors (Lipinski definition) is 0. The number of rotatable bonds is 20. The second-order valence-electron chi connectivity index (χ2n) is 20.0. The third kappa shape index (κ3) is 16.2. The number of benzene rings is 4. The van der Waals surface area contributed by atoms with Crippen molar-refractivity contribution in [2.24, 2.45) is 11.8 Å². The lowest BCUT2D eigenvalue weighted by molar-refractivity contribution is -0.140. The first-order valence-corrected chi connectivity index (χ1v) is 26.5. The highest BCUT2D eigenvalue weighted by Crippen LogP contribution is 2.37. The predicted octanol–water partition coefficient (Wildman–Crippen LogP) is 12.4. The van der Waals surface area contributed by atoms with E-state index in [4.69, 9.17) is 18.9 Å². The van der Waals surface area contributed by atoms with Gasteiger partial charge in [-0.3, -0.25) is 9.59 Å². The summed E-state index contributed by atoms with van der Waals surface area (Å²) in [7, 11) is 2.76. The lowest BCUT2D eigenvalue weighted by Gasteiger charge is -2.33. The summed E-state index contributed by atoms with van der Waals surface area (Å²) >= 11 is 0. The predicted molar refractivity (Wildman–Crippen MR) is 285 cm³/mol. The summed E-state index contributed by atoms with van der Waals surface area (Å²) in [4.78, 5) is 45.6. The molecule has 78 heavy (non-hydrogen) atoms. The number of alkyl halides is 6. The average Bonchev–Trinajstić information content (AvgIpc) is 3.48. The highest BCUT2D eigenvalue weighted by molar-refractivity contribution is 5.73. The van der Waals surface area contributed by atoms with Crippen LogP contribution in [0, 0.1) is 11.8 Å². The summed E-state index contributed by atoms with van der Waals surface area (Å²) in [6.07, 6.45) is 5.32. The van der Waals surface area contributed by atoms with Crippen LogP contribution in [0.1, 0.15) is 109 Å². The smallest absolute Gasteiger partial charge is 0.416 e. The molecule has 6 aromatic rings. The summed E-state index contributed by atoms with van der Waals surface area (Å²) in [6, 6.07) is 22.1. The number of aryl methyl sites for hydroxylation is 2. The van der Waals surface area contributed by atoms with Crippen LogP contribution < -0.4 is 19.3 Å². The van der Waals surface area contributed by atoms with E-state index in [0.29, 0.717) is 44.0 Å². The third-order valence-electron chi connectivity index (χ3n) is 14.3. The summed E-state index contributed by atoms with van der Waals surface area (Å²) in [5.41, 5.74) is 6.16. The van der Waals surface area contributed by atoms with Crippen LogP contribution >= 0.6 is 0 Å². The molecular weight excluding hydrogens is 1010 g/mol. The molecule has 0 amide bonds. The van der Waals surface area contributed by atoms with Crippen LogP contribution in [-0.4, -0.2) is 71.4 Å². The molecular formula is C60H68F6N6O6. The Morgan fingerprint density at radius 3 is 1.49 bits per heavy atom. The second kappa shape index (κ2) is 26.9. The van der Waals surface area contributed by atoms with Crippen molar-refractivity contribution in [3.05, 3.63) is 165 Å². The van der Waals surface area contributed by atoms with Crippen LogP contribution in [0.5, 0.6) is 11.5 Å². The number of hydrogen-bond acceptors (Lipinski definition) is 12. The Kier molecular flexibility index (Phi) is 20.1. The molecule has 0 N–H and O–H groups in total. The number of ether oxygens (including phenoxy) is 4. The van der Waals surface area contributed by atoms with E-state index in [9.17, 15) is 35.9 Å². The van der Waals surface area contributed by atoms with Gasteiger partial charge in [-0.1, -0.05) is 76.2 Å². The van der Waals surface area contributed by atoms with Crippen LogP contribution in [0.15, 0.2) is 110 Å². The van der Waals surface area contributed by atoms with Crippen LogP contribution in [0.2, 0.25) is 0 Å². The Labute approximate surface area is 452 Å². The van der Waals surface area contributed by atoms with Gasteiger partial charge in [0.15, 0.2) is 0 Å². The summed E-state index contributed by atoms with van der Waals surface area (Å²) in [5.74, 6) is 2.69. The molecule has 0 saturated heterocycles. The van der Waals surface area contributed by atoms with E-state index in [1.54, 1.807) is 24.8 Å². The quantitative estimate of drug-likeness (QED) is 0.0533. The molecule has 18 heteroatoms. The Morgan fingerprint density at radius 1 is 0.577 bits per heavy atom. The number of methoxy groups -OCH3 is 2. The normalized spacial score (nSPS) is 16.8. The van der Waals surface area contributed by atoms with Gasteiger partial charge in [0.1, 0.15) is 23.7 Å². The van der Waals surface area contributed by atoms with Crippen molar-refractivity contribution in [2.75, 3.05) is 37.1 Å². The van der Waals surface area contributed by atoms with Crippen LogP contribution in [-0.2, 0) is 83.0 Å². The highest BCUT2D eigenvalue weighted by Gasteiger charge is 2.33. The van der Waals surface area contributed by atoms with Crippen molar-refractivity contribution in [2.45, 2.75) is 130 Å². The average molecular weight is 1080 g/mol. The van der Waals surface area contributed by atoms with Gasteiger partial charge in [-0.25, -0.2) is 19.9 Å². The van der Waals surface area contributed by atoms with E-state index in [1.807, 2.05) is 60.0 Å². The molecule has 2 aliphatic heterocycles. The van der Waals surface area contributed by atoms with Crippen LogP contribution in [0.4, 0.5) is 38.2 Å². The monoisotopic (exact) mass is 1080 g/mol. The second-order valence-corrected chi connectivity index (χ2v) is 20.0. The minimum absolute atomic E-state index is 0.00202. The molecule has 12 nitrogen and oxygen atoms in total. The van der Waals surface area contributed by atoms with Crippen molar-refractivity contribution in [1.29, 1.82) is 0 Å². The molecule has 0 aliphatic carbocycles. The molecule has 0 radical (unpaired) electrons. The maximum atomic E-state index is 13.0. The third-order valence-corrected chi connectivity index (χ3v) is 14.3. The van der Waals surface area contributed by atoms with E-state index in [2.05, 4.69) is 33.8 Å². The SMILES string of the molecule is CCc1cnc(N(CCCC2Oc3cc(CC(=O)OC)ccc3CC2C)Cc2ccc(C(F)(F)F)cc2)nc1.CCc1cnc(N(CCCC2Oc3cccc(CC(=O)OC)c3CC2C)Cc2ccc(C(F)(F)F)cc2)nc1. The lowest BCUT2D eigenvalue weighted by atomic mass is 9.87. The number of esters is 2. The number of nitrogens with zero attached hydrogens (tertiary/aromatic N) is 6. The van der Waals surface area contributed by atoms with Gasteiger partial charge in [-0.05, 0) is 144 Å². The molecule has 0 bridgehead atoms. The Morgan fingerprint density at radius 2 is 1.03 bits per heavy atom. The fourth-order valence-corrected chi connectivity index (χ4v) is 9.64. The molecule has 4 atom stereocenters. The van der Waals surface area contributed by atoms with E-state index < -0.39 is 23.5 Å².